The smallest absolute Gasteiger partial charge is 0.326 e. The Hall–Kier alpha value is -1.44. The number of aliphatic carboxylic acids is 1. The van der Waals surface area contributed by atoms with Crippen LogP contribution in [-0.4, -0.2) is 38.0 Å². The maximum Gasteiger partial charge on any atom is 0.326 e. The normalized spacial score (nSPS) is 18.4. The Morgan fingerprint density at radius 1 is 1.29 bits per heavy atom. The fourth-order valence-corrected chi connectivity index (χ4v) is 4.45. The maximum atomic E-state index is 12.3. The Labute approximate surface area is 143 Å². The minimum Gasteiger partial charge on any atom is -0.480 e. The summed E-state index contributed by atoms with van der Waals surface area (Å²) in [5.41, 5.74) is 0.406. The molecular weight excluding hydrogens is 330 g/mol. The lowest BCUT2D eigenvalue weighted by Crippen LogP contribution is -2.37. The lowest BCUT2D eigenvalue weighted by molar-refractivity contribution is -0.139. The molecule has 0 aromatic heterocycles. The van der Waals surface area contributed by atoms with Crippen LogP contribution >= 0.6 is 0 Å². The van der Waals surface area contributed by atoms with Crippen molar-refractivity contribution in [1.82, 2.24) is 4.72 Å². The Morgan fingerprint density at radius 2 is 1.92 bits per heavy atom. The topological polar surface area (TPSA) is 92.7 Å². The van der Waals surface area contributed by atoms with Crippen LogP contribution in [0, 0.1) is 5.92 Å². The maximum absolute atomic E-state index is 12.3. The summed E-state index contributed by atoms with van der Waals surface area (Å²) in [5, 5.41) is 9.32. The number of hydrogen-bond donors (Lipinski definition) is 2. The molecular formula is C17H25NO5S. The molecule has 1 fully saturated rings. The Bertz CT molecular complexity index is 626. The van der Waals surface area contributed by atoms with E-state index in [2.05, 4.69) is 4.72 Å². The van der Waals surface area contributed by atoms with Gasteiger partial charge in [-0.2, -0.15) is 4.72 Å². The Kier molecular flexibility index (Phi) is 6.77. The van der Waals surface area contributed by atoms with Crippen molar-refractivity contribution in [3.05, 3.63) is 35.9 Å². The highest BCUT2D eigenvalue weighted by Crippen LogP contribution is 2.22. The van der Waals surface area contributed by atoms with E-state index >= 15 is 0 Å². The van der Waals surface area contributed by atoms with Crippen LogP contribution in [0.3, 0.4) is 0 Å². The molecule has 2 rings (SSSR count). The minimum absolute atomic E-state index is 0.156. The fraction of sp³-hybridized carbons (Fsp3) is 0.588. The Morgan fingerprint density at radius 3 is 2.50 bits per heavy atom. The summed E-state index contributed by atoms with van der Waals surface area (Å²) in [6, 6.07) is 7.01. The average Bonchev–Trinajstić information content (AvgIpc) is 3.04. The first-order chi connectivity index (χ1) is 11.4. The average molecular weight is 355 g/mol. The highest BCUT2D eigenvalue weighted by Gasteiger charge is 2.27. The van der Waals surface area contributed by atoms with E-state index in [9.17, 15) is 18.3 Å². The van der Waals surface area contributed by atoms with Gasteiger partial charge in [0.05, 0.1) is 18.5 Å². The molecule has 7 heteroatoms. The van der Waals surface area contributed by atoms with Gasteiger partial charge in [-0.15, -0.1) is 0 Å². The monoisotopic (exact) mass is 355 g/mol. The number of carboxylic acid groups (broad SMARTS) is 1. The second kappa shape index (κ2) is 8.60. The second-order valence-corrected chi connectivity index (χ2v) is 8.22. The molecule has 2 N–H and O–H groups in total. The third kappa shape index (κ3) is 5.89. The van der Waals surface area contributed by atoms with Crippen LogP contribution in [0.4, 0.5) is 0 Å². The van der Waals surface area contributed by atoms with Crippen LogP contribution < -0.4 is 4.72 Å². The number of carbonyl (C=O) groups is 1. The van der Waals surface area contributed by atoms with Gasteiger partial charge in [-0.25, -0.2) is 8.42 Å². The molecule has 2 atom stereocenters. The van der Waals surface area contributed by atoms with E-state index in [0.717, 1.165) is 25.7 Å². The van der Waals surface area contributed by atoms with Crippen molar-refractivity contribution < 1.29 is 23.1 Å². The highest BCUT2D eigenvalue weighted by atomic mass is 32.2. The second-order valence-electron chi connectivity index (χ2n) is 6.43. The molecule has 24 heavy (non-hydrogen) atoms. The Balaban J connectivity index is 1.91. The number of rotatable bonds is 9. The minimum atomic E-state index is -3.73. The van der Waals surface area contributed by atoms with Crippen LogP contribution in [0.2, 0.25) is 0 Å². The van der Waals surface area contributed by atoms with E-state index in [0.29, 0.717) is 12.2 Å². The number of carboxylic acids is 1. The third-order valence-electron chi connectivity index (χ3n) is 4.10. The quantitative estimate of drug-likeness (QED) is 0.709. The van der Waals surface area contributed by atoms with Gasteiger partial charge in [0, 0.05) is 0 Å². The van der Waals surface area contributed by atoms with Crippen molar-refractivity contribution in [3.63, 3.8) is 0 Å². The first-order valence-corrected chi connectivity index (χ1v) is 9.92. The zero-order chi connectivity index (χ0) is 17.6. The molecule has 1 aliphatic rings. The fourth-order valence-electron chi connectivity index (χ4n) is 2.91. The molecule has 0 saturated heterocycles. The predicted molar refractivity (Wildman–Crippen MR) is 91.1 cm³/mol. The first kappa shape index (κ1) is 18.9. The van der Waals surface area contributed by atoms with Gasteiger partial charge in [0.25, 0.3) is 0 Å². The summed E-state index contributed by atoms with van der Waals surface area (Å²) in [5.74, 6) is -1.58. The van der Waals surface area contributed by atoms with Crippen LogP contribution in [0.25, 0.3) is 0 Å². The van der Waals surface area contributed by atoms with Gasteiger partial charge in [0.2, 0.25) is 10.0 Å². The molecule has 0 aliphatic heterocycles. The van der Waals surface area contributed by atoms with Crippen molar-refractivity contribution in [2.24, 2.45) is 5.92 Å². The summed E-state index contributed by atoms with van der Waals surface area (Å²) in [6.07, 6.45) is 4.63. The van der Waals surface area contributed by atoms with Crippen LogP contribution in [-0.2, 0) is 19.6 Å². The van der Waals surface area contributed by atoms with E-state index in [1.54, 1.807) is 37.3 Å². The first-order valence-electron chi connectivity index (χ1n) is 8.27. The molecule has 6 nitrogen and oxygen atoms in total. The van der Waals surface area contributed by atoms with Crippen LogP contribution in [0.15, 0.2) is 30.3 Å². The number of benzene rings is 1. The molecule has 0 heterocycles. The standard InChI is InChI=1S/C17H25NO5S/c1-13(11-23-15-9-5-6-10-15)12-24(21,22)18-16(17(19)20)14-7-3-2-4-8-14/h2-4,7-8,13,15-16,18H,5-6,9-12H2,1H3,(H,19,20)/t13?,16-/m1/s1. The van der Waals surface area contributed by atoms with Gasteiger partial charge >= 0.3 is 5.97 Å². The van der Waals surface area contributed by atoms with E-state index < -0.39 is 22.0 Å². The highest BCUT2D eigenvalue weighted by molar-refractivity contribution is 7.89. The molecule has 1 aromatic rings. The molecule has 0 bridgehead atoms. The lowest BCUT2D eigenvalue weighted by Gasteiger charge is -2.19. The SMILES string of the molecule is CC(COC1CCCC1)CS(=O)(=O)N[C@@H](C(=O)O)c1ccccc1. The van der Waals surface area contributed by atoms with E-state index in [1.165, 1.54) is 0 Å². The van der Waals surface area contributed by atoms with Gasteiger partial charge in [-0.05, 0) is 24.3 Å². The number of sulfonamides is 1. The van der Waals surface area contributed by atoms with E-state index in [-0.39, 0.29) is 17.8 Å². The molecule has 134 valence electrons. The van der Waals surface area contributed by atoms with Gasteiger partial charge in [-0.1, -0.05) is 50.1 Å². The lowest BCUT2D eigenvalue weighted by atomic mass is 10.1. The van der Waals surface area contributed by atoms with Gasteiger partial charge in [0.1, 0.15) is 6.04 Å². The van der Waals surface area contributed by atoms with Gasteiger partial charge < -0.3 is 9.84 Å². The molecule has 1 aliphatic carbocycles. The number of nitrogens with one attached hydrogen (secondary N) is 1. The van der Waals surface area contributed by atoms with Crippen LogP contribution in [0.1, 0.15) is 44.2 Å². The van der Waals surface area contributed by atoms with Gasteiger partial charge in [0.15, 0.2) is 0 Å². The van der Waals surface area contributed by atoms with Crippen molar-refractivity contribution in [1.29, 1.82) is 0 Å². The summed E-state index contributed by atoms with van der Waals surface area (Å²) in [4.78, 5) is 11.4. The summed E-state index contributed by atoms with van der Waals surface area (Å²) >= 11 is 0. The van der Waals surface area contributed by atoms with Crippen molar-refractivity contribution in [2.45, 2.75) is 44.8 Å². The number of ether oxygens (including phenoxy) is 1. The molecule has 1 aromatic carbocycles. The summed E-state index contributed by atoms with van der Waals surface area (Å²) in [6.45, 7) is 2.17. The van der Waals surface area contributed by atoms with E-state index in [4.69, 9.17) is 4.74 Å². The zero-order valence-corrected chi connectivity index (χ0v) is 14.7. The predicted octanol–water partition coefficient (Wildman–Crippen LogP) is 2.33. The molecule has 1 saturated carbocycles. The molecule has 0 amide bonds. The molecule has 1 unspecified atom stereocenters. The molecule has 0 radical (unpaired) electrons. The van der Waals surface area contributed by atoms with Crippen molar-refractivity contribution in [3.8, 4) is 0 Å². The largest absolute Gasteiger partial charge is 0.480 e. The van der Waals surface area contributed by atoms with Crippen molar-refractivity contribution in [2.75, 3.05) is 12.4 Å². The third-order valence-corrected chi connectivity index (χ3v) is 5.70. The summed E-state index contributed by atoms with van der Waals surface area (Å²) in [7, 11) is -3.73. The molecule has 0 spiro atoms. The summed E-state index contributed by atoms with van der Waals surface area (Å²) < 4.78 is 32.6. The van der Waals surface area contributed by atoms with Gasteiger partial charge in [-0.3, -0.25) is 4.79 Å². The van der Waals surface area contributed by atoms with E-state index in [1.807, 2.05) is 0 Å². The zero-order valence-electron chi connectivity index (χ0n) is 13.8. The van der Waals surface area contributed by atoms with Crippen LogP contribution in [0.5, 0.6) is 0 Å². The van der Waals surface area contributed by atoms with Crippen molar-refractivity contribution >= 4 is 16.0 Å². The number of hydrogen-bond acceptors (Lipinski definition) is 4.